The van der Waals surface area contributed by atoms with Crippen molar-refractivity contribution in [3.8, 4) is 0 Å². The number of carbonyl (C=O) groups excluding carboxylic acids is 2. The summed E-state index contributed by atoms with van der Waals surface area (Å²) in [7, 11) is 0. The first-order valence-electron chi connectivity index (χ1n) is 8.50. The highest BCUT2D eigenvalue weighted by molar-refractivity contribution is 7.99. The van der Waals surface area contributed by atoms with Crippen molar-refractivity contribution in [2.24, 2.45) is 0 Å². The highest BCUT2D eigenvalue weighted by Crippen LogP contribution is 2.32. The van der Waals surface area contributed by atoms with Gasteiger partial charge in [0.05, 0.1) is 17.1 Å². The number of hydrogen-bond donors (Lipinski definition) is 2. The fourth-order valence-corrected chi connectivity index (χ4v) is 3.83. The van der Waals surface area contributed by atoms with Gasteiger partial charge in [0.15, 0.2) is 5.16 Å². The van der Waals surface area contributed by atoms with E-state index in [1.165, 1.54) is 16.3 Å². The molecule has 0 bridgehead atoms. The zero-order chi connectivity index (χ0) is 18.7. The van der Waals surface area contributed by atoms with Gasteiger partial charge in [0.25, 0.3) is 0 Å². The van der Waals surface area contributed by atoms with Crippen molar-refractivity contribution >= 4 is 35.0 Å². The van der Waals surface area contributed by atoms with Crippen molar-refractivity contribution in [1.82, 2.24) is 14.8 Å². The van der Waals surface area contributed by atoms with Crippen molar-refractivity contribution in [3.63, 3.8) is 0 Å². The number of nitrogens with zero attached hydrogens (tertiary/aromatic N) is 3. The average molecular weight is 375 g/mol. The van der Waals surface area contributed by atoms with Crippen LogP contribution in [0, 0.1) is 0 Å². The molecular formula is C17H21N5O3S. The van der Waals surface area contributed by atoms with E-state index in [0.29, 0.717) is 23.1 Å². The van der Waals surface area contributed by atoms with Crippen LogP contribution in [0.25, 0.3) is 0 Å². The lowest BCUT2D eigenvalue weighted by molar-refractivity contribution is -0.117. The summed E-state index contributed by atoms with van der Waals surface area (Å²) in [6, 6.07) is 7.00. The number of amides is 2. The Hall–Kier alpha value is -2.55. The van der Waals surface area contributed by atoms with Crippen LogP contribution in [0.15, 0.2) is 34.2 Å². The third-order valence-electron chi connectivity index (χ3n) is 4.12. The fraction of sp³-hybridized carbons (Fsp3) is 0.412. The number of H-pyrrole nitrogens is 1. The molecule has 2 amide bonds. The Morgan fingerprint density at radius 3 is 2.88 bits per heavy atom. The van der Waals surface area contributed by atoms with Gasteiger partial charge < -0.3 is 10.2 Å². The summed E-state index contributed by atoms with van der Waals surface area (Å²) in [5.74, 6) is -0.122. The van der Waals surface area contributed by atoms with Gasteiger partial charge in [0.1, 0.15) is 0 Å². The number of thioether (sulfide) groups is 1. The van der Waals surface area contributed by atoms with Gasteiger partial charge in [0, 0.05) is 19.0 Å². The molecule has 1 aliphatic heterocycles. The molecule has 0 spiro atoms. The van der Waals surface area contributed by atoms with E-state index in [2.05, 4.69) is 15.5 Å². The molecule has 0 aliphatic carbocycles. The fourth-order valence-electron chi connectivity index (χ4n) is 3.00. The quantitative estimate of drug-likeness (QED) is 0.777. The summed E-state index contributed by atoms with van der Waals surface area (Å²) in [5, 5.41) is 9.75. The Morgan fingerprint density at radius 2 is 2.12 bits per heavy atom. The van der Waals surface area contributed by atoms with Crippen molar-refractivity contribution in [3.05, 3.63) is 34.7 Å². The van der Waals surface area contributed by atoms with E-state index in [0.717, 1.165) is 6.42 Å². The largest absolute Gasteiger partial charge is 0.343 e. The SMILES string of the molecule is CCCn1c(SCC(=O)N2c3ccccc3NC(=O)C[C@@H]2C)n[nH]c1=O. The Labute approximate surface area is 155 Å². The number of hydrogen-bond acceptors (Lipinski definition) is 5. The molecule has 1 aliphatic rings. The second-order valence-corrected chi connectivity index (χ2v) is 7.08. The van der Waals surface area contributed by atoms with Crippen LogP contribution in [0.5, 0.6) is 0 Å². The number of aromatic nitrogens is 3. The molecule has 2 aromatic rings. The van der Waals surface area contributed by atoms with Crippen LogP contribution in [0.1, 0.15) is 26.7 Å². The minimum Gasteiger partial charge on any atom is -0.324 e. The predicted octanol–water partition coefficient (Wildman–Crippen LogP) is 1.84. The Kier molecular flexibility index (Phi) is 5.46. The van der Waals surface area contributed by atoms with E-state index in [1.807, 2.05) is 32.0 Å². The zero-order valence-electron chi connectivity index (χ0n) is 14.7. The van der Waals surface area contributed by atoms with Crippen LogP contribution in [-0.2, 0) is 16.1 Å². The maximum atomic E-state index is 12.9. The van der Waals surface area contributed by atoms with Crippen molar-refractivity contribution < 1.29 is 9.59 Å². The molecule has 3 rings (SSSR count). The maximum absolute atomic E-state index is 12.9. The molecule has 2 N–H and O–H groups in total. The van der Waals surface area contributed by atoms with Crippen LogP contribution >= 0.6 is 11.8 Å². The van der Waals surface area contributed by atoms with Crippen LogP contribution < -0.4 is 15.9 Å². The molecule has 0 unspecified atom stereocenters. The molecule has 26 heavy (non-hydrogen) atoms. The Morgan fingerprint density at radius 1 is 1.35 bits per heavy atom. The number of carbonyl (C=O) groups is 2. The minimum atomic E-state index is -0.273. The summed E-state index contributed by atoms with van der Waals surface area (Å²) in [6.45, 7) is 4.37. The summed E-state index contributed by atoms with van der Waals surface area (Å²) in [6.07, 6.45) is 1.03. The van der Waals surface area contributed by atoms with Crippen LogP contribution in [0.4, 0.5) is 11.4 Å². The highest BCUT2D eigenvalue weighted by atomic mass is 32.2. The molecule has 0 fully saturated rings. The van der Waals surface area contributed by atoms with Crippen LogP contribution in [0.2, 0.25) is 0 Å². The third-order valence-corrected chi connectivity index (χ3v) is 5.08. The third kappa shape index (κ3) is 3.67. The lowest BCUT2D eigenvalue weighted by Gasteiger charge is -2.27. The number of para-hydroxylation sites is 2. The van der Waals surface area contributed by atoms with Gasteiger partial charge in [-0.15, -0.1) is 5.10 Å². The van der Waals surface area contributed by atoms with Crippen LogP contribution in [0.3, 0.4) is 0 Å². The molecule has 0 saturated heterocycles. The van der Waals surface area contributed by atoms with Gasteiger partial charge in [-0.3, -0.25) is 14.2 Å². The number of anilines is 2. The monoisotopic (exact) mass is 375 g/mol. The second-order valence-electron chi connectivity index (χ2n) is 6.13. The van der Waals surface area contributed by atoms with E-state index < -0.39 is 0 Å². The normalized spacial score (nSPS) is 16.8. The van der Waals surface area contributed by atoms with Crippen molar-refractivity contribution in [2.45, 2.75) is 44.4 Å². The molecule has 8 nitrogen and oxygen atoms in total. The molecular weight excluding hydrogens is 354 g/mol. The Balaban J connectivity index is 1.81. The molecule has 1 aromatic carbocycles. The molecule has 0 saturated carbocycles. The summed E-state index contributed by atoms with van der Waals surface area (Å²) in [5.41, 5.74) is 1.04. The van der Waals surface area contributed by atoms with Gasteiger partial charge in [-0.2, -0.15) is 0 Å². The first-order chi connectivity index (χ1) is 12.5. The average Bonchev–Trinajstić information content (AvgIpc) is 2.88. The molecule has 1 atom stereocenters. The number of nitrogens with one attached hydrogen (secondary N) is 2. The van der Waals surface area contributed by atoms with E-state index >= 15 is 0 Å². The topological polar surface area (TPSA) is 100 Å². The van der Waals surface area contributed by atoms with Gasteiger partial charge in [-0.1, -0.05) is 30.8 Å². The van der Waals surface area contributed by atoms with Crippen molar-refractivity contribution in [1.29, 1.82) is 0 Å². The minimum absolute atomic E-state index is 0.114. The van der Waals surface area contributed by atoms with Gasteiger partial charge >= 0.3 is 5.69 Å². The number of benzene rings is 1. The predicted molar refractivity (Wildman–Crippen MR) is 100 cm³/mol. The number of fused-ring (bicyclic) bond motifs is 1. The number of rotatable bonds is 5. The maximum Gasteiger partial charge on any atom is 0.343 e. The Bertz CT molecular complexity index is 875. The van der Waals surface area contributed by atoms with E-state index in [9.17, 15) is 14.4 Å². The van der Waals surface area contributed by atoms with Crippen LogP contribution in [-0.4, -0.2) is 38.4 Å². The zero-order valence-corrected chi connectivity index (χ0v) is 15.5. The smallest absolute Gasteiger partial charge is 0.324 e. The summed E-state index contributed by atoms with van der Waals surface area (Å²) < 4.78 is 1.53. The van der Waals surface area contributed by atoms with E-state index in [1.54, 1.807) is 11.0 Å². The van der Waals surface area contributed by atoms with E-state index in [4.69, 9.17) is 0 Å². The summed E-state index contributed by atoms with van der Waals surface area (Å²) >= 11 is 1.22. The van der Waals surface area contributed by atoms with Gasteiger partial charge in [0.2, 0.25) is 11.8 Å². The van der Waals surface area contributed by atoms with E-state index in [-0.39, 0.29) is 35.7 Å². The first kappa shape index (κ1) is 18.2. The molecule has 138 valence electrons. The highest BCUT2D eigenvalue weighted by Gasteiger charge is 2.29. The summed E-state index contributed by atoms with van der Waals surface area (Å²) in [4.78, 5) is 38.3. The lowest BCUT2D eigenvalue weighted by atomic mass is 10.2. The molecule has 1 aromatic heterocycles. The molecule has 9 heteroatoms. The first-order valence-corrected chi connectivity index (χ1v) is 9.48. The standard InChI is InChI=1S/C17H21N5O3S/c1-3-8-21-16(25)19-20-17(21)26-10-15(24)22-11(2)9-14(23)18-12-6-4-5-7-13(12)22/h4-7,11H,3,8-10H2,1-2H3,(H,18,23)(H,19,25)/t11-/m0/s1. The second kappa shape index (κ2) is 7.77. The van der Waals surface area contributed by atoms with Gasteiger partial charge in [-0.25, -0.2) is 9.89 Å². The number of aromatic amines is 1. The van der Waals surface area contributed by atoms with Gasteiger partial charge in [-0.05, 0) is 25.5 Å². The lowest BCUT2D eigenvalue weighted by Crippen LogP contribution is -2.40. The molecule has 2 heterocycles. The molecule has 0 radical (unpaired) electrons. The van der Waals surface area contributed by atoms with Crippen molar-refractivity contribution in [2.75, 3.05) is 16.0 Å².